The third-order valence-corrected chi connectivity index (χ3v) is 4.07. The molecule has 140 valence electrons. The molecule has 2 N–H and O–H groups in total. The number of hydrogen-bond acceptors (Lipinski definition) is 4. The lowest BCUT2D eigenvalue weighted by Crippen LogP contribution is -2.45. The van der Waals surface area contributed by atoms with Crippen molar-refractivity contribution < 1.29 is 22.7 Å². The monoisotopic (exact) mass is 359 g/mol. The Morgan fingerprint density at radius 3 is 2.52 bits per heavy atom. The molecule has 1 aliphatic rings. The molecule has 1 atom stereocenters. The minimum absolute atomic E-state index is 0.418. The second-order valence-electron chi connectivity index (χ2n) is 6.09. The molecule has 1 amide bonds. The summed E-state index contributed by atoms with van der Waals surface area (Å²) in [5.41, 5.74) is 2.17. The zero-order chi connectivity index (χ0) is 18.3. The van der Waals surface area contributed by atoms with Gasteiger partial charge in [-0.05, 0) is 18.1 Å². The lowest BCUT2D eigenvalue weighted by molar-refractivity contribution is -0.139. The molecule has 1 saturated heterocycles. The summed E-state index contributed by atoms with van der Waals surface area (Å²) in [5, 5.41) is 4.88. The fourth-order valence-electron chi connectivity index (χ4n) is 2.58. The molecular formula is C17H24F3N3O2. The van der Waals surface area contributed by atoms with Crippen LogP contribution in [0.2, 0.25) is 0 Å². The van der Waals surface area contributed by atoms with Crippen molar-refractivity contribution in [1.82, 2.24) is 15.5 Å². The average Bonchev–Trinajstić information content (AvgIpc) is 2.59. The number of carbonyl (C=O) groups is 1. The molecule has 0 saturated carbocycles. The summed E-state index contributed by atoms with van der Waals surface area (Å²) in [7, 11) is 0. The smallest absolute Gasteiger partial charge is 0.379 e. The summed E-state index contributed by atoms with van der Waals surface area (Å²) in [6.45, 7) is 4.63. The first-order valence-electron chi connectivity index (χ1n) is 8.30. The number of halogens is 3. The minimum atomic E-state index is -4.40. The van der Waals surface area contributed by atoms with Crippen molar-refractivity contribution in [3.63, 3.8) is 0 Å². The van der Waals surface area contributed by atoms with E-state index in [1.165, 1.54) is 0 Å². The number of nitrogens with one attached hydrogen (secondary N) is 2. The van der Waals surface area contributed by atoms with E-state index in [-0.39, 0.29) is 0 Å². The van der Waals surface area contributed by atoms with Gasteiger partial charge < -0.3 is 15.4 Å². The van der Waals surface area contributed by atoms with E-state index in [0.717, 1.165) is 44.0 Å². The minimum Gasteiger partial charge on any atom is -0.379 e. The molecule has 5 nitrogen and oxygen atoms in total. The summed E-state index contributed by atoms with van der Waals surface area (Å²) in [4.78, 5) is 14.0. The molecule has 1 fully saturated rings. The van der Waals surface area contributed by atoms with Gasteiger partial charge in [0, 0.05) is 26.2 Å². The average molecular weight is 359 g/mol. The van der Waals surface area contributed by atoms with Crippen LogP contribution in [0, 0.1) is 0 Å². The first kappa shape index (κ1) is 19.7. The summed E-state index contributed by atoms with van der Waals surface area (Å²) < 4.78 is 41.8. The number of ether oxygens (including phenoxy) is 1. The number of morpholine rings is 1. The van der Waals surface area contributed by atoms with Crippen LogP contribution in [0.15, 0.2) is 24.3 Å². The maximum absolute atomic E-state index is 12.2. The van der Waals surface area contributed by atoms with Crippen LogP contribution in [-0.2, 0) is 22.6 Å². The topological polar surface area (TPSA) is 53.6 Å². The van der Waals surface area contributed by atoms with Crippen molar-refractivity contribution >= 4 is 5.91 Å². The quantitative estimate of drug-likeness (QED) is 0.778. The van der Waals surface area contributed by atoms with E-state index in [0.29, 0.717) is 6.54 Å². The normalized spacial score (nSPS) is 17.3. The summed E-state index contributed by atoms with van der Waals surface area (Å²) in [6.07, 6.45) is -4.40. The van der Waals surface area contributed by atoms with Crippen molar-refractivity contribution in [3.05, 3.63) is 35.4 Å². The standard InChI is InChI=1S/C17H24F3N3O2/c1-13(16(24)22-12-17(18,19)20)21-10-14-4-2-3-5-15(14)11-23-6-8-25-9-7-23/h2-5,13,21H,6-12H2,1H3,(H,22,24)/t13-/m1/s1. The Morgan fingerprint density at radius 1 is 1.24 bits per heavy atom. The van der Waals surface area contributed by atoms with Crippen LogP contribution in [0.5, 0.6) is 0 Å². The van der Waals surface area contributed by atoms with Crippen molar-refractivity contribution in [3.8, 4) is 0 Å². The van der Waals surface area contributed by atoms with Gasteiger partial charge >= 0.3 is 6.18 Å². The third kappa shape index (κ3) is 7.01. The molecule has 1 aromatic carbocycles. The van der Waals surface area contributed by atoms with Crippen LogP contribution >= 0.6 is 0 Å². The maximum Gasteiger partial charge on any atom is 0.405 e. The number of hydrogen-bond donors (Lipinski definition) is 2. The summed E-state index contributed by atoms with van der Waals surface area (Å²) in [6, 6.07) is 7.15. The number of rotatable bonds is 7. The molecule has 0 radical (unpaired) electrons. The Hall–Kier alpha value is -1.64. The molecule has 0 aliphatic carbocycles. The largest absolute Gasteiger partial charge is 0.405 e. The second kappa shape index (κ2) is 9.17. The van der Waals surface area contributed by atoms with Gasteiger partial charge in [-0.2, -0.15) is 13.2 Å². The maximum atomic E-state index is 12.2. The zero-order valence-corrected chi connectivity index (χ0v) is 14.2. The Labute approximate surface area is 145 Å². The number of benzene rings is 1. The van der Waals surface area contributed by atoms with Gasteiger partial charge in [-0.15, -0.1) is 0 Å². The van der Waals surface area contributed by atoms with Gasteiger partial charge in [0.25, 0.3) is 0 Å². The fourth-order valence-corrected chi connectivity index (χ4v) is 2.58. The molecule has 0 bridgehead atoms. The highest BCUT2D eigenvalue weighted by molar-refractivity contribution is 5.81. The van der Waals surface area contributed by atoms with Crippen LogP contribution in [0.25, 0.3) is 0 Å². The zero-order valence-electron chi connectivity index (χ0n) is 14.2. The van der Waals surface area contributed by atoms with Gasteiger partial charge in [-0.1, -0.05) is 24.3 Å². The van der Waals surface area contributed by atoms with Gasteiger partial charge in [0.2, 0.25) is 5.91 Å². The predicted molar refractivity (Wildman–Crippen MR) is 87.9 cm³/mol. The Balaban J connectivity index is 1.86. The lowest BCUT2D eigenvalue weighted by atomic mass is 10.1. The van der Waals surface area contributed by atoms with E-state index < -0.39 is 24.7 Å². The molecule has 1 aromatic rings. The van der Waals surface area contributed by atoms with Crippen LogP contribution in [-0.4, -0.2) is 55.9 Å². The highest BCUT2D eigenvalue weighted by Gasteiger charge is 2.28. The molecule has 0 aromatic heterocycles. The third-order valence-electron chi connectivity index (χ3n) is 4.07. The molecule has 0 spiro atoms. The van der Waals surface area contributed by atoms with Crippen LogP contribution in [0.1, 0.15) is 18.1 Å². The number of carbonyl (C=O) groups excluding carboxylic acids is 1. The molecular weight excluding hydrogens is 335 g/mol. The van der Waals surface area contributed by atoms with E-state index in [1.54, 1.807) is 6.92 Å². The Bertz CT molecular complexity index is 560. The fraction of sp³-hybridized carbons (Fsp3) is 0.588. The van der Waals surface area contributed by atoms with Gasteiger partial charge in [-0.25, -0.2) is 0 Å². The SMILES string of the molecule is C[C@@H](NCc1ccccc1CN1CCOCC1)C(=O)NCC(F)(F)F. The molecule has 0 unspecified atom stereocenters. The van der Waals surface area contributed by atoms with Gasteiger partial charge in [0.1, 0.15) is 6.54 Å². The highest BCUT2D eigenvalue weighted by atomic mass is 19.4. The first-order valence-corrected chi connectivity index (χ1v) is 8.30. The summed E-state index contributed by atoms with van der Waals surface area (Å²) in [5.74, 6) is -0.664. The number of alkyl halides is 3. The van der Waals surface area contributed by atoms with E-state index in [4.69, 9.17) is 4.74 Å². The van der Waals surface area contributed by atoms with E-state index in [1.807, 2.05) is 29.6 Å². The van der Waals surface area contributed by atoms with Crippen molar-refractivity contribution in [1.29, 1.82) is 0 Å². The summed E-state index contributed by atoms with van der Waals surface area (Å²) >= 11 is 0. The Kier molecular flexibility index (Phi) is 7.22. The van der Waals surface area contributed by atoms with Crippen molar-refractivity contribution in [2.24, 2.45) is 0 Å². The molecule has 2 rings (SSSR count). The van der Waals surface area contributed by atoms with E-state index in [9.17, 15) is 18.0 Å². The molecule has 8 heteroatoms. The van der Waals surface area contributed by atoms with Crippen molar-refractivity contribution in [2.45, 2.75) is 32.2 Å². The van der Waals surface area contributed by atoms with Gasteiger partial charge in [-0.3, -0.25) is 9.69 Å². The number of amides is 1. The van der Waals surface area contributed by atoms with Crippen LogP contribution < -0.4 is 10.6 Å². The van der Waals surface area contributed by atoms with Gasteiger partial charge in [0.15, 0.2) is 0 Å². The van der Waals surface area contributed by atoms with E-state index in [2.05, 4.69) is 10.2 Å². The molecule has 1 aliphatic heterocycles. The highest BCUT2D eigenvalue weighted by Crippen LogP contribution is 2.14. The first-order chi connectivity index (χ1) is 11.8. The van der Waals surface area contributed by atoms with Gasteiger partial charge in [0.05, 0.1) is 19.3 Å². The van der Waals surface area contributed by atoms with Crippen LogP contribution in [0.3, 0.4) is 0 Å². The predicted octanol–water partition coefficient (Wildman–Crippen LogP) is 1.68. The molecule has 1 heterocycles. The molecule has 25 heavy (non-hydrogen) atoms. The van der Waals surface area contributed by atoms with E-state index >= 15 is 0 Å². The lowest BCUT2D eigenvalue weighted by Gasteiger charge is -2.27. The van der Waals surface area contributed by atoms with Crippen molar-refractivity contribution in [2.75, 3.05) is 32.8 Å². The van der Waals surface area contributed by atoms with Crippen LogP contribution in [0.4, 0.5) is 13.2 Å². The Morgan fingerprint density at radius 2 is 1.88 bits per heavy atom. The second-order valence-corrected chi connectivity index (χ2v) is 6.09. The number of nitrogens with zero attached hydrogens (tertiary/aromatic N) is 1.